The Hall–Kier alpha value is -4.11. The predicted molar refractivity (Wildman–Crippen MR) is 169 cm³/mol. The molecule has 1 aliphatic heterocycles. The van der Waals surface area contributed by atoms with E-state index < -0.39 is 10.0 Å². The molecule has 1 aliphatic rings. The molecule has 0 amide bonds. The first-order valence-electron chi connectivity index (χ1n) is 13.4. The molecule has 1 fully saturated rings. The molecule has 15 heteroatoms. The van der Waals surface area contributed by atoms with Gasteiger partial charge in [0.15, 0.2) is 5.82 Å². The van der Waals surface area contributed by atoms with Crippen LogP contribution in [0, 0.1) is 0 Å². The smallest absolute Gasteiger partial charge is 0.254 e. The van der Waals surface area contributed by atoms with Gasteiger partial charge in [-0.05, 0) is 25.2 Å². The number of ether oxygens (including phenoxy) is 1. The van der Waals surface area contributed by atoms with Crippen molar-refractivity contribution in [1.82, 2.24) is 24.6 Å². The lowest BCUT2D eigenvalue weighted by atomic mass is 10.0. The van der Waals surface area contributed by atoms with Crippen molar-refractivity contribution in [3.05, 3.63) is 60.0 Å². The molecule has 2 aromatic carbocycles. The van der Waals surface area contributed by atoms with E-state index in [4.69, 9.17) is 21.2 Å². The molecular formula is C28H34ClN9O4S. The van der Waals surface area contributed by atoms with Crippen molar-refractivity contribution < 1.29 is 18.0 Å². The molecular weight excluding hydrogens is 594 g/mol. The van der Waals surface area contributed by atoms with Gasteiger partial charge in [-0.25, -0.2) is 13.4 Å². The van der Waals surface area contributed by atoms with E-state index in [0.29, 0.717) is 17.1 Å². The zero-order valence-electron chi connectivity index (χ0n) is 24.6. The topological polar surface area (TPSA) is 130 Å². The van der Waals surface area contributed by atoms with Gasteiger partial charge in [0.2, 0.25) is 5.95 Å². The van der Waals surface area contributed by atoms with Crippen LogP contribution in [0.3, 0.4) is 0 Å². The monoisotopic (exact) mass is 627 g/mol. The Labute approximate surface area is 256 Å². The molecule has 43 heavy (non-hydrogen) atoms. The summed E-state index contributed by atoms with van der Waals surface area (Å²) in [4.78, 5) is 18.8. The van der Waals surface area contributed by atoms with E-state index in [2.05, 4.69) is 42.5 Å². The van der Waals surface area contributed by atoms with E-state index in [9.17, 15) is 8.42 Å². The van der Waals surface area contributed by atoms with Gasteiger partial charge in [0.25, 0.3) is 10.0 Å². The number of piperazine rings is 1. The summed E-state index contributed by atoms with van der Waals surface area (Å²) in [5.41, 5.74) is 4.33. The maximum atomic E-state index is 12.3. The van der Waals surface area contributed by atoms with Crippen LogP contribution in [0.1, 0.15) is 0 Å². The minimum atomic E-state index is -3.72. The van der Waals surface area contributed by atoms with E-state index in [0.717, 1.165) is 53.7 Å². The first-order chi connectivity index (χ1) is 20.6. The fraction of sp³-hybridized carbons (Fsp3) is 0.321. The van der Waals surface area contributed by atoms with Crippen LogP contribution in [0.2, 0.25) is 5.02 Å². The lowest BCUT2D eigenvalue weighted by Gasteiger charge is -2.35. The molecule has 0 saturated carbocycles. The molecule has 0 aliphatic carbocycles. The molecule has 3 heterocycles. The number of hydrogen-bond donors (Lipinski definition) is 2. The summed E-state index contributed by atoms with van der Waals surface area (Å²) in [6, 6.07) is 10.8. The molecule has 13 nitrogen and oxygen atoms in total. The van der Waals surface area contributed by atoms with Gasteiger partial charge in [0, 0.05) is 62.3 Å². The molecule has 4 aromatic rings. The van der Waals surface area contributed by atoms with Crippen LogP contribution in [0.15, 0.2) is 55.0 Å². The summed E-state index contributed by atoms with van der Waals surface area (Å²) >= 11 is 6.47. The SMILES string of the molecule is COc1cc(N2CCN(C)CC2)c(-c2cnn(C)c2)cc1Nc1ncc(Cl)c(Nc2ccccc2N(OC)S(C)(=O)=O)n1. The number of anilines is 6. The zero-order valence-corrected chi connectivity index (χ0v) is 26.1. The molecule has 0 atom stereocenters. The van der Waals surface area contributed by atoms with Gasteiger partial charge in [-0.2, -0.15) is 10.1 Å². The van der Waals surface area contributed by atoms with Crippen LogP contribution >= 0.6 is 11.6 Å². The molecule has 0 radical (unpaired) electrons. The summed E-state index contributed by atoms with van der Waals surface area (Å²) in [6.07, 6.45) is 6.32. The Bertz CT molecular complexity index is 1710. The fourth-order valence-electron chi connectivity index (χ4n) is 4.85. The molecule has 228 valence electrons. The zero-order chi connectivity index (χ0) is 30.7. The van der Waals surface area contributed by atoms with Crippen LogP contribution in [-0.2, 0) is 21.9 Å². The van der Waals surface area contributed by atoms with Crippen LogP contribution < -0.4 is 24.7 Å². The van der Waals surface area contributed by atoms with Gasteiger partial charge in [0.05, 0.1) is 44.2 Å². The number of sulfonamides is 1. The van der Waals surface area contributed by atoms with E-state index >= 15 is 0 Å². The van der Waals surface area contributed by atoms with Gasteiger partial charge in [-0.1, -0.05) is 23.7 Å². The van der Waals surface area contributed by atoms with Crippen LogP contribution in [0.25, 0.3) is 11.1 Å². The number of methoxy groups -OCH3 is 1. The number of benzene rings is 2. The summed E-state index contributed by atoms with van der Waals surface area (Å²) in [5.74, 6) is 1.12. The number of aryl methyl sites for hydroxylation is 1. The van der Waals surface area contributed by atoms with Gasteiger partial charge >= 0.3 is 0 Å². The minimum Gasteiger partial charge on any atom is -0.494 e. The maximum absolute atomic E-state index is 12.3. The van der Waals surface area contributed by atoms with Crippen LogP contribution in [0.5, 0.6) is 5.75 Å². The lowest BCUT2D eigenvalue weighted by Crippen LogP contribution is -2.44. The number of rotatable bonds is 10. The Morgan fingerprint density at radius 1 is 1.00 bits per heavy atom. The highest BCUT2D eigenvalue weighted by Crippen LogP contribution is 2.41. The fourth-order valence-corrected chi connectivity index (χ4v) is 5.78. The second-order valence-electron chi connectivity index (χ2n) is 10.1. The maximum Gasteiger partial charge on any atom is 0.254 e. The minimum absolute atomic E-state index is 0.233. The number of aromatic nitrogens is 4. The third kappa shape index (κ3) is 6.77. The molecule has 2 aromatic heterocycles. The van der Waals surface area contributed by atoms with Crippen LogP contribution in [-0.4, -0.2) is 86.8 Å². The second kappa shape index (κ2) is 12.6. The Morgan fingerprint density at radius 2 is 1.74 bits per heavy atom. The number of likely N-dealkylation sites (N-methyl/N-ethyl adjacent to an activating group) is 1. The van der Waals surface area contributed by atoms with Crippen molar-refractivity contribution in [2.45, 2.75) is 0 Å². The van der Waals surface area contributed by atoms with Crippen LogP contribution in [0.4, 0.5) is 34.5 Å². The number of nitrogens with one attached hydrogen (secondary N) is 2. The number of para-hydroxylation sites is 2. The first-order valence-corrected chi connectivity index (χ1v) is 15.6. The largest absolute Gasteiger partial charge is 0.494 e. The summed E-state index contributed by atoms with van der Waals surface area (Å²) in [7, 11) is 3.19. The number of halogens is 1. The molecule has 1 saturated heterocycles. The predicted octanol–water partition coefficient (Wildman–Crippen LogP) is 4.11. The van der Waals surface area contributed by atoms with Crippen molar-refractivity contribution in [1.29, 1.82) is 0 Å². The quantitative estimate of drug-likeness (QED) is 0.246. The van der Waals surface area contributed by atoms with Crippen molar-refractivity contribution in [3.63, 3.8) is 0 Å². The van der Waals surface area contributed by atoms with Gasteiger partial charge in [-0.3, -0.25) is 9.52 Å². The average molecular weight is 628 g/mol. The highest BCUT2D eigenvalue weighted by atomic mass is 35.5. The van der Waals surface area contributed by atoms with E-state index in [1.54, 1.807) is 36.1 Å². The molecule has 0 unspecified atom stereocenters. The number of hydrogen-bond acceptors (Lipinski definition) is 11. The van der Waals surface area contributed by atoms with Crippen molar-refractivity contribution in [2.75, 3.05) is 73.7 Å². The lowest BCUT2D eigenvalue weighted by molar-refractivity contribution is 0.217. The Kier molecular flexibility index (Phi) is 8.92. The summed E-state index contributed by atoms with van der Waals surface area (Å²) in [6.45, 7) is 3.68. The standard InChI is InChI=1S/C28H34ClN9O4S/c1-35-10-12-37(13-11-35)25-15-26(41-3)23(14-20(25)19-16-31-36(2)18-19)33-28-30-17-21(29)27(34-28)32-22-8-6-7-9-24(22)38(42-4)43(5,39)40/h6-9,14-18H,10-13H2,1-5H3,(H2,30,32,33,34). The molecule has 2 N–H and O–H groups in total. The van der Waals surface area contributed by atoms with Crippen molar-refractivity contribution in [3.8, 4) is 16.9 Å². The molecule has 0 spiro atoms. The highest BCUT2D eigenvalue weighted by molar-refractivity contribution is 7.91. The van der Waals surface area contributed by atoms with Gasteiger partial charge in [0.1, 0.15) is 16.5 Å². The average Bonchev–Trinajstić information content (AvgIpc) is 3.41. The second-order valence-corrected chi connectivity index (χ2v) is 12.3. The third-order valence-electron chi connectivity index (χ3n) is 6.99. The third-order valence-corrected chi connectivity index (χ3v) is 8.21. The Morgan fingerprint density at radius 3 is 2.40 bits per heavy atom. The summed E-state index contributed by atoms with van der Waals surface area (Å²) < 4.78 is 33.0. The normalized spacial score (nSPS) is 14.0. The first kappa shape index (κ1) is 30.4. The van der Waals surface area contributed by atoms with Gasteiger partial charge < -0.3 is 25.2 Å². The Balaban J connectivity index is 1.50. The molecule has 5 rings (SSSR count). The van der Waals surface area contributed by atoms with Gasteiger partial charge in [-0.15, -0.1) is 4.47 Å². The van der Waals surface area contributed by atoms with Crippen molar-refractivity contribution >= 4 is 56.1 Å². The van der Waals surface area contributed by atoms with E-state index in [1.165, 1.54) is 13.3 Å². The molecule has 0 bridgehead atoms. The van der Waals surface area contributed by atoms with E-state index in [1.807, 2.05) is 31.6 Å². The van der Waals surface area contributed by atoms with E-state index in [-0.39, 0.29) is 22.5 Å². The summed E-state index contributed by atoms with van der Waals surface area (Å²) in [5, 5.41) is 11.0. The highest BCUT2D eigenvalue weighted by Gasteiger charge is 2.23. The number of nitrogens with zero attached hydrogens (tertiary/aromatic N) is 7. The van der Waals surface area contributed by atoms with Crippen molar-refractivity contribution in [2.24, 2.45) is 7.05 Å².